The fraction of sp³-hybridized carbons (Fsp3) is 0.200. The Hall–Kier alpha value is -2.48. The number of hydrogen-bond donors (Lipinski definition) is 0. The van der Waals surface area contributed by atoms with E-state index in [4.69, 9.17) is 0 Å². The summed E-state index contributed by atoms with van der Waals surface area (Å²) in [7, 11) is 2.14. The SMILES string of the molecule is Cc1ccc2c(c1)-c1c3c-2c(C)cc(C)c3n2ccn(C)c12. The Labute approximate surface area is 129 Å². The molecule has 0 atom stereocenters. The lowest BCUT2D eigenvalue weighted by Gasteiger charge is -2.09. The normalized spacial score (nSPS) is 12.5. The number of imidazole rings is 1. The molecule has 4 aromatic rings. The van der Waals surface area contributed by atoms with Crippen LogP contribution in [0, 0.1) is 20.8 Å². The Bertz CT molecular complexity index is 1110. The highest BCUT2D eigenvalue weighted by Gasteiger charge is 2.29. The van der Waals surface area contributed by atoms with Gasteiger partial charge in [0.05, 0.1) is 5.52 Å². The van der Waals surface area contributed by atoms with Crippen LogP contribution in [0.4, 0.5) is 0 Å². The molecule has 2 heteroatoms. The Kier molecular flexibility index (Phi) is 2.00. The van der Waals surface area contributed by atoms with Crippen LogP contribution in [0.2, 0.25) is 0 Å². The van der Waals surface area contributed by atoms with Gasteiger partial charge in [0.1, 0.15) is 5.65 Å². The van der Waals surface area contributed by atoms with Crippen LogP contribution in [0.25, 0.3) is 38.8 Å². The van der Waals surface area contributed by atoms with Crippen molar-refractivity contribution >= 4 is 16.6 Å². The molecule has 0 amide bonds. The number of benzene rings is 2. The highest BCUT2D eigenvalue weighted by molar-refractivity contribution is 6.21. The van der Waals surface area contributed by atoms with Crippen molar-refractivity contribution in [3.05, 3.63) is 53.3 Å². The number of nitrogens with zero attached hydrogens (tertiary/aromatic N) is 2. The van der Waals surface area contributed by atoms with Crippen molar-refractivity contribution in [1.29, 1.82) is 0 Å². The zero-order valence-electron chi connectivity index (χ0n) is 13.4. The highest BCUT2D eigenvalue weighted by atomic mass is 15.1. The van der Waals surface area contributed by atoms with E-state index in [1.54, 1.807) is 0 Å². The Morgan fingerprint density at radius 3 is 2.45 bits per heavy atom. The number of aromatic nitrogens is 2. The first-order chi connectivity index (χ1) is 10.6. The largest absolute Gasteiger partial charge is 0.335 e. The highest BCUT2D eigenvalue weighted by Crippen LogP contribution is 2.52. The second-order valence-corrected chi connectivity index (χ2v) is 6.64. The third-order valence-corrected chi connectivity index (χ3v) is 5.12. The fourth-order valence-corrected chi connectivity index (χ4v) is 4.28. The molecule has 2 nitrogen and oxygen atoms in total. The van der Waals surface area contributed by atoms with Crippen LogP contribution in [0.5, 0.6) is 0 Å². The van der Waals surface area contributed by atoms with E-state index in [-0.39, 0.29) is 0 Å². The molecule has 1 aliphatic carbocycles. The molecule has 0 saturated carbocycles. The number of rotatable bonds is 0. The van der Waals surface area contributed by atoms with Gasteiger partial charge in [-0.15, -0.1) is 0 Å². The minimum absolute atomic E-state index is 1.30. The molecule has 0 N–H and O–H groups in total. The van der Waals surface area contributed by atoms with Crippen molar-refractivity contribution in [2.75, 3.05) is 0 Å². The van der Waals surface area contributed by atoms with Gasteiger partial charge >= 0.3 is 0 Å². The molecule has 0 spiro atoms. The molecule has 108 valence electrons. The number of hydrogen-bond acceptors (Lipinski definition) is 0. The topological polar surface area (TPSA) is 9.34 Å². The van der Waals surface area contributed by atoms with Crippen molar-refractivity contribution in [3.63, 3.8) is 0 Å². The Morgan fingerprint density at radius 1 is 0.818 bits per heavy atom. The first kappa shape index (κ1) is 12.1. The van der Waals surface area contributed by atoms with Gasteiger partial charge in [-0.25, -0.2) is 0 Å². The third kappa shape index (κ3) is 1.19. The predicted molar refractivity (Wildman–Crippen MR) is 92.5 cm³/mol. The van der Waals surface area contributed by atoms with Crippen molar-refractivity contribution in [2.24, 2.45) is 7.05 Å². The average Bonchev–Trinajstić information content (AvgIpc) is 3.07. The monoisotopic (exact) mass is 286 g/mol. The quantitative estimate of drug-likeness (QED) is 0.379. The molecule has 2 heterocycles. The molecule has 0 saturated heterocycles. The average molecular weight is 286 g/mol. The lowest BCUT2D eigenvalue weighted by Crippen LogP contribution is -1.91. The Morgan fingerprint density at radius 2 is 1.64 bits per heavy atom. The van der Waals surface area contributed by atoms with E-state index in [0.29, 0.717) is 0 Å². The molecule has 5 rings (SSSR count). The van der Waals surface area contributed by atoms with Crippen LogP contribution < -0.4 is 0 Å². The second kappa shape index (κ2) is 3.64. The van der Waals surface area contributed by atoms with E-state index < -0.39 is 0 Å². The minimum Gasteiger partial charge on any atom is -0.335 e. The zero-order chi connectivity index (χ0) is 15.2. The van der Waals surface area contributed by atoms with Gasteiger partial charge in [0.25, 0.3) is 0 Å². The maximum Gasteiger partial charge on any atom is 0.125 e. The smallest absolute Gasteiger partial charge is 0.125 e. The van der Waals surface area contributed by atoms with Gasteiger partial charge in [0.15, 0.2) is 0 Å². The van der Waals surface area contributed by atoms with Crippen molar-refractivity contribution in [2.45, 2.75) is 20.8 Å². The van der Waals surface area contributed by atoms with Crippen molar-refractivity contribution < 1.29 is 0 Å². The van der Waals surface area contributed by atoms with Gasteiger partial charge in [-0.1, -0.05) is 29.8 Å². The van der Waals surface area contributed by atoms with Crippen LogP contribution in [-0.4, -0.2) is 8.97 Å². The zero-order valence-corrected chi connectivity index (χ0v) is 13.4. The maximum atomic E-state index is 2.36. The van der Waals surface area contributed by atoms with Gasteiger partial charge in [-0.3, -0.25) is 0 Å². The number of fused-ring (bicyclic) bond motifs is 6. The van der Waals surface area contributed by atoms with E-state index in [2.05, 4.69) is 73.4 Å². The summed E-state index contributed by atoms with van der Waals surface area (Å²) in [5.74, 6) is 0. The standard InChI is InChI=1S/C20H18N2/c1-11-5-6-14-15(9-11)17-18-16(14)12(2)10-13(3)19(18)22-8-7-21(4)20(17)22/h5-10H,1-4H3. The van der Waals surface area contributed by atoms with Crippen molar-refractivity contribution in [1.82, 2.24) is 8.97 Å². The van der Waals surface area contributed by atoms with E-state index in [0.717, 1.165) is 0 Å². The lowest BCUT2D eigenvalue weighted by molar-refractivity contribution is 0.961. The summed E-state index contributed by atoms with van der Waals surface area (Å²) in [5, 5.41) is 1.43. The van der Waals surface area contributed by atoms with Crippen LogP contribution in [0.15, 0.2) is 36.7 Å². The molecule has 2 aromatic carbocycles. The lowest BCUT2D eigenvalue weighted by atomic mass is 9.97. The summed E-state index contributed by atoms with van der Waals surface area (Å²) >= 11 is 0. The summed E-state index contributed by atoms with van der Waals surface area (Å²) in [4.78, 5) is 0. The van der Waals surface area contributed by atoms with Gasteiger partial charge in [0, 0.05) is 30.4 Å². The summed E-state index contributed by atoms with van der Waals surface area (Å²) in [6.07, 6.45) is 4.34. The summed E-state index contributed by atoms with van der Waals surface area (Å²) in [5.41, 5.74) is 12.3. The molecule has 0 unspecified atom stereocenters. The van der Waals surface area contributed by atoms with Gasteiger partial charge in [-0.05, 0) is 48.6 Å². The van der Waals surface area contributed by atoms with E-state index in [1.807, 2.05) is 0 Å². The molecular formula is C20H18N2. The fourth-order valence-electron chi connectivity index (χ4n) is 4.28. The van der Waals surface area contributed by atoms with E-state index >= 15 is 0 Å². The van der Waals surface area contributed by atoms with Crippen molar-refractivity contribution in [3.8, 4) is 22.3 Å². The van der Waals surface area contributed by atoms with Gasteiger partial charge < -0.3 is 8.97 Å². The minimum atomic E-state index is 1.30. The summed E-state index contributed by atoms with van der Waals surface area (Å²) in [6, 6.07) is 9.19. The molecule has 0 fully saturated rings. The predicted octanol–water partition coefficient (Wildman–Crippen LogP) is 5.00. The van der Waals surface area contributed by atoms with Gasteiger partial charge in [0.2, 0.25) is 0 Å². The van der Waals surface area contributed by atoms with Gasteiger partial charge in [-0.2, -0.15) is 0 Å². The Balaban J connectivity index is 2.17. The first-order valence-electron chi connectivity index (χ1n) is 7.78. The maximum absolute atomic E-state index is 2.36. The molecule has 0 radical (unpaired) electrons. The van der Waals surface area contributed by atoms with Crippen LogP contribution >= 0.6 is 0 Å². The van der Waals surface area contributed by atoms with Crippen LogP contribution in [-0.2, 0) is 7.05 Å². The second-order valence-electron chi connectivity index (χ2n) is 6.64. The third-order valence-electron chi connectivity index (χ3n) is 5.12. The van der Waals surface area contributed by atoms with Crippen LogP contribution in [0.1, 0.15) is 16.7 Å². The molecule has 22 heavy (non-hydrogen) atoms. The summed E-state index contributed by atoms with van der Waals surface area (Å²) in [6.45, 7) is 6.64. The van der Waals surface area contributed by atoms with E-state index in [1.165, 1.54) is 55.5 Å². The molecule has 1 aliphatic rings. The van der Waals surface area contributed by atoms with E-state index in [9.17, 15) is 0 Å². The van der Waals surface area contributed by atoms with Crippen LogP contribution in [0.3, 0.4) is 0 Å². The molecule has 0 bridgehead atoms. The number of aryl methyl sites for hydroxylation is 4. The first-order valence-corrected chi connectivity index (χ1v) is 7.78. The summed E-state index contributed by atoms with van der Waals surface area (Å²) < 4.78 is 4.60. The molecule has 2 aromatic heterocycles. The molecule has 0 aliphatic heterocycles. The molecular weight excluding hydrogens is 268 g/mol.